The molecule has 2 amide bonds. The summed E-state index contributed by atoms with van der Waals surface area (Å²) in [5, 5.41) is 1.12. The molecule has 0 atom stereocenters. The third-order valence-electron chi connectivity index (χ3n) is 4.79. The Labute approximate surface area is 172 Å². The summed E-state index contributed by atoms with van der Waals surface area (Å²) in [6.45, 7) is -0.118. The summed E-state index contributed by atoms with van der Waals surface area (Å²) in [5.41, 5.74) is 2.11. The van der Waals surface area contributed by atoms with Crippen LogP contribution in [0.4, 0.5) is 0 Å². The van der Waals surface area contributed by atoms with Crippen LogP contribution in [0.1, 0.15) is 23.2 Å². The van der Waals surface area contributed by atoms with Gasteiger partial charge >= 0.3 is 5.97 Å². The van der Waals surface area contributed by atoms with E-state index in [0.717, 1.165) is 4.90 Å². The van der Waals surface area contributed by atoms with Crippen LogP contribution in [0.5, 0.6) is 0 Å². The van der Waals surface area contributed by atoms with E-state index < -0.39 is 18.5 Å². The van der Waals surface area contributed by atoms with Crippen molar-refractivity contribution in [3.63, 3.8) is 0 Å². The quantitative estimate of drug-likeness (QED) is 0.612. The number of likely N-dealkylation sites (tertiary alicyclic amines) is 1. The number of carbonyl (C=O) groups is 3. The van der Waals surface area contributed by atoms with Crippen molar-refractivity contribution in [3.8, 4) is 11.3 Å². The minimum atomic E-state index is -0.656. The summed E-state index contributed by atoms with van der Waals surface area (Å²) in [6, 6.07) is 16.0. The van der Waals surface area contributed by atoms with Gasteiger partial charge in [-0.3, -0.25) is 14.5 Å². The third kappa shape index (κ3) is 3.84. The van der Waals surface area contributed by atoms with E-state index in [1.165, 1.54) is 0 Å². The van der Waals surface area contributed by atoms with Crippen LogP contribution in [-0.2, 0) is 14.3 Å². The van der Waals surface area contributed by atoms with Gasteiger partial charge in [-0.05, 0) is 24.6 Å². The number of esters is 1. The number of aromatic nitrogens is 1. The smallest absolute Gasteiger partial charge is 0.339 e. The first kappa shape index (κ1) is 19.1. The second-order valence-corrected chi connectivity index (χ2v) is 7.08. The van der Waals surface area contributed by atoms with Gasteiger partial charge in [-0.1, -0.05) is 48.0 Å². The monoisotopic (exact) mass is 408 g/mol. The molecule has 1 aliphatic rings. The molecule has 0 saturated carbocycles. The van der Waals surface area contributed by atoms with Crippen molar-refractivity contribution < 1.29 is 19.1 Å². The molecule has 7 heteroatoms. The van der Waals surface area contributed by atoms with Gasteiger partial charge in [0.2, 0.25) is 5.91 Å². The zero-order valence-electron chi connectivity index (χ0n) is 15.4. The number of halogens is 1. The molecule has 6 nitrogen and oxygen atoms in total. The van der Waals surface area contributed by atoms with E-state index in [1.807, 2.05) is 24.3 Å². The maximum absolute atomic E-state index is 12.8. The van der Waals surface area contributed by atoms with Crippen molar-refractivity contribution in [2.45, 2.75) is 12.8 Å². The van der Waals surface area contributed by atoms with Gasteiger partial charge in [-0.2, -0.15) is 0 Å². The lowest BCUT2D eigenvalue weighted by atomic mass is 10.0. The summed E-state index contributed by atoms with van der Waals surface area (Å²) in [4.78, 5) is 42.4. The molecule has 0 N–H and O–H groups in total. The van der Waals surface area contributed by atoms with Gasteiger partial charge in [0.1, 0.15) is 0 Å². The van der Waals surface area contributed by atoms with Crippen molar-refractivity contribution in [1.82, 2.24) is 9.88 Å². The lowest BCUT2D eigenvalue weighted by Gasteiger charge is -2.14. The van der Waals surface area contributed by atoms with E-state index in [-0.39, 0.29) is 11.5 Å². The van der Waals surface area contributed by atoms with Crippen molar-refractivity contribution in [2.24, 2.45) is 0 Å². The molecule has 0 unspecified atom stereocenters. The molecule has 29 heavy (non-hydrogen) atoms. The maximum Gasteiger partial charge on any atom is 0.339 e. The summed E-state index contributed by atoms with van der Waals surface area (Å²) >= 11 is 6.29. The van der Waals surface area contributed by atoms with Crippen LogP contribution in [0.15, 0.2) is 54.6 Å². The summed E-state index contributed by atoms with van der Waals surface area (Å²) in [7, 11) is 0. The van der Waals surface area contributed by atoms with Crippen LogP contribution in [0.25, 0.3) is 22.2 Å². The minimum absolute atomic E-state index is 0.235. The summed E-state index contributed by atoms with van der Waals surface area (Å²) in [6.07, 6.45) is 0.977. The highest BCUT2D eigenvalue weighted by Gasteiger charge is 2.27. The Morgan fingerprint density at radius 3 is 2.62 bits per heavy atom. The fourth-order valence-corrected chi connectivity index (χ4v) is 3.58. The Bertz CT molecular complexity index is 1130. The van der Waals surface area contributed by atoms with Gasteiger partial charge in [0, 0.05) is 28.9 Å². The topological polar surface area (TPSA) is 76.6 Å². The number of hydrogen-bond acceptors (Lipinski definition) is 5. The zero-order valence-corrected chi connectivity index (χ0v) is 16.2. The number of benzene rings is 2. The van der Waals surface area contributed by atoms with Gasteiger partial charge < -0.3 is 4.74 Å². The fourth-order valence-electron chi connectivity index (χ4n) is 3.35. The van der Waals surface area contributed by atoms with Crippen LogP contribution in [0.3, 0.4) is 0 Å². The Morgan fingerprint density at radius 1 is 1.10 bits per heavy atom. The van der Waals surface area contributed by atoms with Crippen LogP contribution in [-0.4, -0.2) is 40.8 Å². The SMILES string of the molecule is O=C(OCC(=O)N1CCCC1=O)c1cc(-c2ccccc2Cl)nc2ccccc12. The molecule has 146 valence electrons. The number of ether oxygens (including phenoxy) is 1. The average Bonchev–Trinajstić information content (AvgIpc) is 3.17. The number of carbonyl (C=O) groups excluding carboxylic acids is 3. The van der Waals surface area contributed by atoms with Crippen LogP contribution in [0, 0.1) is 0 Å². The first-order chi connectivity index (χ1) is 14.0. The second kappa shape index (κ2) is 8.01. The maximum atomic E-state index is 12.8. The molecular weight excluding hydrogens is 392 g/mol. The average molecular weight is 409 g/mol. The Balaban J connectivity index is 1.65. The first-order valence-electron chi connectivity index (χ1n) is 9.19. The van der Waals surface area contributed by atoms with Crippen LogP contribution in [0.2, 0.25) is 5.02 Å². The molecular formula is C22H17ClN2O4. The largest absolute Gasteiger partial charge is 0.452 e. The highest BCUT2D eigenvalue weighted by atomic mass is 35.5. The number of para-hydroxylation sites is 1. The van der Waals surface area contributed by atoms with Gasteiger partial charge in [0.25, 0.3) is 5.91 Å². The van der Waals surface area contributed by atoms with E-state index in [1.54, 1.807) is 30.3 Å². The number of imide groups is 1. The first-order valence-corrected chi connectivity index (χ1v) is 9.57. The molecule has 0 bridgehead atoms. The van der Waals surface area contributed by atoms with Crippen molar-refractivity contribution in [2.75, 3.05) is 13.2 Å². The normalized spacial score (nSPS) is 13.7. The van der Waals surface area contributed by atoms with E-state index in [9.17, 15) is 14.4 Å². The highest BCUT2D eigenvalue weighted by Crippen LogP contribution is 2.30. The van der Waals surface area contributed by atoms with Crippen molar-refractivity contribution in [3.05, 3.63) is 65.2 Å². The standard InChI is InChI=1S/C22H17ClN2O4/c23-17-8-3-1-7-15(17)19-12-16(14-6-2-4-9-18(14)24-19)22(28)29-13-21(27)25-11-5-10-20(25)26/h1-4,6-9,12H,5,10-11,13H2. The molecule has 2 heterocycles. The molecule has 1 saturated heterocycles. The van der Waals surface area contributed by atoms with Crippen molar-refractivity contribution >= 4 is 40.3 Å². The molecule has 0 spiro atoms. The molecule has 1 aromatic heterocycles. The molecule has 0 aliphatic carbocycles. The number of rotatable bonds is 4. The van der Waals surface area contributed by atoms with Crippen molar-refractivity contribution in [1.29, 1.82) is 0 Å². The van der Waals surface area contributed by atoms with Gasteiger partial charge in [0.15, 0.2) is 6.61 Å². The van der Waals surface area contributed by atoms with E-state index in [4.69, 9.17) is 16.3 Å². The number of nitrogens with zero attached hydrogens (tertiary/aromatic N) is 2. The lowest BCUT2D eigenvalue weighted by Crippen LogP contribution is -2.35. The van der Waals surface area contributed by atoms with E-state index in [0.29, 0.717) is 46.6 Å². The van der Waals surface area contributed by atoms with Gasteiger partial charge in [-0.15, -0.1) is 0 Å². The second-order valence-electron chi connectivity index (χ2n) is 6.67. The Morgan fingerprint density at radius 2 is 1.86 bits per heavy atom. The van der Waals surface area contributed by atoms with E-state index in [2.05, 4.69) is 4.98 Å². The predicted molar refractivity (Wildman–Crippen MR) is 108 cm³/mol. The van der Waals surface area contributed by atoms with Crippen LogP contribution >= 0.6 is 11.6 Å². The summed E-state index contributed by atoms with van der Waals surface area (Å²) < 4.78 is 5.24. The third-order valence-corrected chi connectivity index (χ3v) is 5.12. The lowest BCUT2D eigenvalue weighted by molar-refractivity contribution is -0.143. The van der Waals surface area contributed by atoms with Gasteiger partial charge in [0.05, 0.1) is 16.8 Å². The molecule has 4 rings (SSSR count). The molecule has 1 fully saturated rings. The zero-order chi connectivity index (χ0) is 20.4. The molecule has 1 aliphatic heterocycles. The highest BCUT2D eigenvalue weighted by molar-refractivity contribution is 6.33. The Kier molecular flexibility index (Phi) is 5.27. The molecule has 0 radical (unpaired) electrons. The fraction of sp³-hybridized carbons (Fsp3) is 0.182. The molecule has 2 aromatic carbocycles. The molecule has 3 aromatic rings. The minimum Gasteiger partial charge on any atom is -0.452 e. The number of amides is 2. The number of hydrogen-bond donors (Lipinski definition) is 0. The Hall–Kier alpha value is -3.25. The number of fused-ring (bicyclic) bond motifs is 1. The van der Waals surface area contributed by atoms with Gasteiger partial charge in [-0.25, -0.2) is 9.78 Å². The van der Waals surface area contributed by atoms with Crippen LogP contribution < -0.4 is 0 Å². The predicted octanol–water partition coefficient (Wildman–Crippen LogP) is 3.86. The number of pyridine rings is 1. The summed E-state index contributed by atoms with van der Waals surface area (Å²) in [5.74, 6) is -1.40. The van der Waals surface area contributed by atoms with E-state index >= 15 is 0 Å².